The number of ether oxygens (including phenoxy) is 1. The minimum absolute atomic E-state index is 0.456. The summed E-state index contributed by atoms with van der Waals surface area (Å²) in [6.45, 7) is 4.59. The van der Waals surface area contributed by atoms with Gasteiger partial charge < -0.3 is 4.74 Å². The topological polar surface area (TPSA) is 39.4 Å². The second kappa shape index (κ2) is 6.09. The SMILES string of the molecule is Cc1ccc(-c2cn3nc(COc4cccc(C)c4)sc3n2)cc1. The molecule has 0 aliphatic rings. The molecular weight excluding hydrogens is 318 g/mol. The monoisotopic (exact) mass is 335 g/mol. The highest BCUT2D eigenvalue weighted by Gasteiger charge is 2.10. The van der Waals surface area contributed by atoms with Crippen LogP contribution in [-0.4, -0.2) is 14.6 Å². The summed E-state index contributed by atoms with van der Waals surface area (Å²) in [7, 11) is 0. The Hall–Kier alpha value is -2.66. The summed E-state index contributed by atoms with van der Waals surface area (Å²) in [5, 5.41) is 5.47. The smallest absolute Gasteiger partial charge is 0.212 e. The van der Waals surface area contributed by atoms with Crippen LogP contribution in [0.15, 0.2) is 54.7 Å². The lowest BCUT2D eigenvalue weighted by Gasteiger charge is -2.03. The number of hydrogen-bond acceptors (Lipinski definition) is 4. The summed E-state index contributed by atoms with van der Waals surface area (Å²) in [5.41, 5.74) is 4.48. The van der Waals surface area contributed by atoms with Gasteiger partial charge in [-0.05, 0) is 31.5 Å². The molecule has 2 heterocycles. The maximum Gasteiger partial charge on any atom is 0.212 e. The molecule has 2 aromatic heterocycles. The molecule has 2 aromatic carbocycles. The predicted octanol–water partition coefficient (Wildman–Crippen LogP) is 4.65. The van der Waals surface area contributed by atoms with Crippen LogP contribution in [0.1, 0.15) is 16.1 Å². The van der Waals surface area contributed by atoms with Crippen molar-refractivity contribution in [2.75, 3.05) is 0 Å². The van der Waals surface area contributed by atoms with Gasteiger partial charge in [0.05, 0.1) is 11.9 Å². The average molecular weight is 335 g/mol. The highest BCUT2D eigenvalue weighted by atomic mass is 32.1. The Balaban J connectivity index is 1.52. The molecule has 0 radical (unpaired) electrons. The zero-order chi connectivity index (χ0) is 16.5. The Labute approximate surface area is 144 Å². The van der Waals surface area contributed by atoms with Crippen molar-refractivity contribution in [1.29, 1.82) is 0 Å². The van der Waals surface area contributed by atoms with Crippen LogP contribution in [0, 0.1) is 13.8 Å². The van der Waals surface area contributed by atoms with Crippen molar-refractivity contribution in [3.05, 3.63) is 70.9 Å². The molecule has 0 amide bonds. The Morgan fingerprint density at radius 2 is 1.88 bits per heavy atom. The van der Waals surface area contributed by atoms with Crippen molar-refractivity contribution in [3.63, 3.8) is 0 Å². The fourth-order valence-electron chi connectivity index (χ4n) is 2.51. The zero-order valence-electron chi connectivity index (χ0n) is 13.6. The Bertz CT molecular complexity index is 954. The van der Waals surface area contributed by atoms with Gasteiger partial charge in [-0.1, -0.05) is 53.3 Å². The van der Waals surface area contributed by atoms with Crippen molar-refractivity contribution < 1.29 is 4.74 Å². The van der Waals surface area contributed by atoms with Crippen molar-refractivity contribution in [3.8, 4) is 17.0 Å². The largest absolute Gasteiger partial charge is 0.486 e. The predicted molar refractivity (Wildman–Crippen MR) is 96.5 cm³/mol. The van der Waals surface area contributed by atoms with E-state index in [0.717, 1.165) is 27.0 Å². The van der Waals surface area contributed by atoms with E-state index in [9.17, 15) is 0 Å². The first kappa shape index (κ1) is 14.9. The fraction of sp³-hybridized carbons (Fsp3) is 0.158. The van der Waals surface area contributed by atoms with E-state index in [1.165, 1.54) is 11.1 Å². The molecule has 4 rings (SSSR count). The third-order valence-electron chi connectivity index (χ3n) is 3.78. The molecule has 24 heavy (non-hydrogen) atoms. The average Bonchev–Trinajstić information content (AvgIpc) is 3.12. The van der Waals surface area contributed by atoms with Crippen LogP contribution >= 0.6 is 11.3 Å². The van der Waals surface area contributed by atoms with Gasteiger partial charge >= 0.3 is 0 Å². The molecule has 0 saturated heterocycles. The first-order chi connectivity index (χ1) is 11.7. The van der Waals surface area contributed by atoms with Gasteiger partial charge in [0.1, 0.15) is 12.4 Å². The molecule has 5 heteroatoms. The first-order valence-electron chi connectivity index (χ1n) is 7.79. The van der Waals surface area contributed by atoms with Crippen LogP contribution in [0.3, 0.4) is 0 Å². The number of nitrogens with zero attached hydrogens (tertiary/aromatic N) is 3. The minimum Gasteiger partial charge on any atom is -0.486 e. The fourth-order valence-corrected chi connectivity index (χ4v) is 3.30. The summed E-state index contributed by atoms with van der Waals surface area (Å²) in [5.74, 6) is 0.864. The van der Waals surface area contributed by atoms with Crippen molar-refractivity contribution in [1.82, 2.24) is 14.6 Å². The lowest BCUT2D eigenvalue weighted by molar-refractivity contribution is 0.304. The van der Waals surface area contributed by atoms with E-state index in [1.54, 1.807) is 11.3 Å². The van der Waals surface area contributed by atoms with E-state index in [-0.39, 0.29) is 0 Å². The van der Waals surface area contributed by atoms with Crippen LogP contribution in [-0.2, 0) is 6.61 Å². The standard InChI is InChI=1S/C19H17N3OS/c1-13-6-8-15(9-7-13)17-11-22-19(20-17)24-18(21-22)12-23-16-5-3-4-14(2)10-16/h3-11H,12H2,1-2H3. The van der Waals surface area contributed by atoms with Crippen LogP contribution in [0.4, 0.5) is 0 Å². The van der Waals surface area contributed by atoms with Gasteiger partial charge in [-0.15, -0.1) is 0 Å². The highest BCUT2D eigenvalue weighted by molar-refractivity contribution is 7.16. The van der Waals surface area contributed by atoms with Crippen LogP contribution < -0.4 is 4.74 Å². The van der Waals surface area contributed by atoms with E-state index >= 15 is 0 Å². The molecule has 4 nitrogen and oxygen atoms in total. The Kier molecular flexibility index (Phi) is 3.78. The molecule has 0 aliphatic carbocycles. The summed E-state index contributed by atoms with van der Waals surface area (Å²) in [6.07, 6.45) is 1.96. The first-order valence-corrected chi connectivity index (χ1v) is 8.61. The third kappa shape index (κ3) is 3.03. The number of rotatable bonds is 4. The zero-order valence-corrected chi connectivity index (χ0v) is 14.4. The van der Waals surface area contributed by atoms with E-state index < -0.39 is 0 Å². The third-order valence-corrected chi connectivity index (χ3v) is 4.68. The number of fused-ring (bicyclic) bond motifs is 1. The lowest BCUT2D eigenvalue weighted by Crippen LogP contribution is -1.96. The molecule has 0 spiro atoms. The van der Waals surface area contributed by atoms with Crippen LogP contribution in [0.5, 0.6) is 5.75 Å². The molecule has 0 saturated carbocycles. The molecule has 0 aliphatic heterocycles. The molecule has 0 fully saturated rings. The molecule has 0 N–H and O–H groups in total. The Morgan fingerprint density at radius 1 is 1.04 bits per heavy atom. The van der Waals surface area contributed by atoms with Crippen LogP contribution in [0.2, 0.25) is 0 Å². The van der Waals surface area contributed by atoms with Crippen LogP contribution in [0.25, 0.3) is 16.2 Å². The normalized spacial score (nSPS) is 11.1. The quantitative estimate of drug-likeness (QED) is 0.545. The van der Waals surface area contributed by atoms with Crippen molar-refractivity contribution in [2.24, 2.45) is 0 Å². The van der Waals surface area contributed by atoms with Crippen molar-refractivity contribution in [2.45, 2.75) is 20.5 Å². The molecule has 120 valence electrons. The number of hydrogen-bond donors (Lipinski definition) is 0. The second-order valence-electron chi connectivity index (χ2n) is 5.82. The van der Waals surface area contributed by atoms with E-state index in [4.69, 9.17) is 4.74 Å². The lowest BCUT2D eigenvalue weighted by atomic mass is 10.1. The summed E-state index contributed by atoms with van der Waals surface area (Å²) >= 11 is 1.56. The summed E-state index contributed by atoms with van der Waals surface area (Å²) < 4.78 is 7.63. The van der Waals surface area contributed by atoms with Crippen molar-refractivity contribution >= 4 is 16.3 Å². The maximum absolute atomic E-state index is 5.81. The Morgan fingerprint density at radius 3 is 2.62 bits per heavy atom. The number of aromatic nitrogens is 3. The maximum atomic E-state index is 5.81. The van der Waals surface area contributed by atoms with Gasteiger partial charge in [-0.2, -0.15) is 5.10 Å². The minimum atomic E-state index is 0.456. The molecular formula is C19H17N3OS. The number of aryl methyl sites for hydroxylation is 2. The summed E-state index contributed by atoms with van der Waals surface area (Å²) in [6, 6.07) is 16.4. The van der Waals surface area contributed by atoms with Gasteiger partial charge in [-0.25, -0.2) is 9.50 Å². The van der Waals surface area contributed by atoms with Gasteiger partial charge in [0.25, 0.3) is 0 Å². The molecule has 0 bridgehead atoms. The highest BCUT2D eigenvalue weighted by Crippen LogP contribution is 2.23. The molecule has 4 aromatic rings. The van der Waals surface area contributed by atoms with Gasteiger partial charge in [0.2, 0.25) is 4.96 Å². The van der Waals surface area contributed by atoms with E-state index in [0.29, 0.717) is 6.61 Å². The number of benzene rings is 2. The molecule has 0 unspecified atom stereocenters. The van der Waals surface area contributed by atoms with Gasteiger partial charge in [0, 0.05) is 5.56 Å². The van der Waals surface area contributed by atoms with Gasteiger partial charge in [0.15, 0.2) is 5.01 Å². The number of imidazole rings is 1. The van der Waals surface area contributed by atoms with E-state index in [2.05, 4.69) is 54.3 Å². The van der Waals surface area contributed by atoms with E-state index in [1.807, 2.05) is 28.9 Å². The second-order valence-corrected chi connectivity index (χ2v) is 6.86. The molecule has 0 atom stereocenters. The van der Waals surface area contributed by atoms with Gasteiger partial charge in [-0.3, -0.25) is 0 Å². The summed E-state index contributed by atoms with van der Waals surface area (Å²) in [4.78, 5) is 5.55.